The van der Waals surface area contributed by atoms with Crippen LogP contribution in [0.4, 0.5) is 11.4 Å². The molecule has 0 spiro atoms. The number of nitrogens with one attached hydrogen (secondary N) is 1. The molecule has 31 heavy (non-hydrogen) atoms. The van der Waals surface area contributed by atoms with Crippen molar-refractivity contribution in [3.05, 3.63) is 60.2 Å². The highest BCUT2D eigenvalue weighted by Crippen LogP contribution is 2.38. The molecule has 0 bridgehead atoms. The van der Waals surface area contributed by atoms with Crippen molar-refractivity contribution in [2.24, 2.45) is 11.8 Å². The molecule has 4 nitrogen and oxygen atoms in total. The molecule has 2 aliphatic carbocycles. The Morgan fingerprint density at radius 2 is 1.48 bits per heavy atom. The number of carbonyl (C=O) groups is 1. The quantitative estimate of drug-likeness (QED) is 0.676. The van der Waals surface area contributed by atoms with Crippen LogP contribution in [0.3, 0.4) is 0 Å². The summed E-state index contributed by atoms with van der Waals surface area (Å²) in [6.45, 7) is 3.52. The minimum absolute atomic E-state index is 0.125. The van der Waals surface area contributed by atoms with E-state index in [4.69, 9.17) is 0 Å². The number of rotatable bonds is 7. The summed E-state index contributed by atoms with van der Waals surface area (Å²) in [5.41, 5.74) is 3.75. The summed E-state index contributed by atoms with van der Waals surface area (Å²) in [6.07, 6.45) is 9.04. The van der Waals surface area contributed by atoms with Crippen molar-refractivity contribution in [3.8, 4) is 0 Å². The Morgan fingerprint density at radius 3 is 2.19 bits per heavy atom. The minimum atomic E-state index is 0.125. The summed E-state index contributed by atoms with van der Waals surface area (Å²) >= 11 is 0. The van der Waals surface area contributed by atoms with Crippen molar-refractivity contribution in [2.75, 3.05) is 36.0 Å². The fourth-order valence-electron chi connectivity index (χ4n) is 5.44. The van der Waals surface area contributed by atoms with Gasteiger partial charge in [0.05, 0.1) is 24.0 Å². The Labute approximate surface area is 186 Å². The number of anilines is 2. The van der Waals surface area contributed by atoms with E-state index in [1.807, 2.05) is 0 Å². The first kappa shape index (κ1) is 20.4. The van der Waals surface area contributed by atoms with Gasteiger partial charge < -0.3 is 15.1 Å². The average Bonchev–Trinajstić information content (AvgIpc) is 3.64. The van der Waals surface area contributed by atoms with E-state index in [1.165, 1.54) is 61.9 Å². The molecule has 2 fully saturated rings. The van der Waals surface area contributed by atoms with Crippen LogP contribution in [0.5, 0.6) is 0 Å². The van der Waals surface area contributed by atoms with E-state index >= 15 is 0 Å². The number of benzene rings is 2. The Morgan fingerprint density at radius 1 is 0.839 bits per heavy atom. The van der Waals surface area contributed by atoms with Crippen molar-refractivity contribution in [1.29, 1.82) is 0 Å². The number of hydrogen-bond acceptors (Lipinski definition) is 3. The number of fused-ring (bicyclic) bond motifs is 1. The van der Waals surface area contributed by atoms with Gasteiger partial charge in [-0.3, -0.25) is 4.79 Å². The monoisotopic (exact) mass is 417 g/mol. The van der Waals surface area contributed by atoms with E-state index < -0.39 is 0 Å². The van der Waals surface area contributed by atoms with Gasteiger partial charge in [-0.25, -0.2) is 0 Å². The number of amides is 1. The third-order valence-electron chi connectivity index (χ3n) is 7.31. The molecule has 0 radical (unpaired) electrons. The van der Waals surface area contributed by atoms with E-state index in [1.54, 1.807) is 0 Å². The molecule has 3 aliphatic rings. The highest BCUT2D eigenvalue weighted by Gasteiger charge is 2.31. The van der Waals surface area contributed by atoms with Gasteiger partial charge in [-0.05, 0) is 55.2 Å². The molecule has 1 heterocycles. The number of para-hydroxylation sites is 2. The van der Waals surface area contributed by atoms with Crippen molar-refractivity contribution in [1.82, 2.24) is 5.32 Å². The Bertz CT molecular complexity index is 873. The Balaban J connectivity index is 1.29. The molecule has 1 N–H and O–H groups in total. The molecular weight excluding hydrogens is 382 g/mol. The van der Waals surface area contributed by atoms with Crippen LogP contribution in [-0.2, 0) is 4.79 Å². The van der Waals surface area contributed by atoms with Crippen LogP contribution < -0.4 is 15.1 Å². The van der Waals surface area contributed by atoms with E-state index in [2.05, 4.69) is 69.7 Å². The average molecular weight is 418 g/mol. The Hall–Kier alpha value is -2.49. The maximum absolute atomic E-state index is 13.3. The molecule has 2 aromatic carbocycles. The molecule has 0 aromatic heterocycles. The predicted molar refractivity (Wildman–Crippen MR) is 127 cm³/mol. The van der Waals surface area contributed by atoms with Crippen LogP contribution in [0.1, 0.15) is 56.6 Å². The van der Waals surface area contributed by atoms with Crippen molar-refractivity contribution >= 4 is 17.3 Å². The summed E-state index contributed by atoms with van der Waals surface area (Å²) in [5, 5.41) is 3.44. The zero-order chi connectivity index (χ0) is 21.0. The summed E-state index contributed by atoms with van der Waals surface area (Å²) in [7, 11) is 0. The molecule has 0 saturated heterocycles. The zero-order valence-electron chi connectivity index (χ0n) is 18.5. The van der Waals surface area contributed by atoms with Crippen LogP contribution in [-0.4, -0.2) is 32.1 Å². The van der Waals surface area contributed by atoms with Gasteiger partial charge >= 0.3 is 0 Å². The molecule has 4 heteroatoms. The lowest BCUT2D eigenvalue weighted by Gasteiger charge is -2.39. The van der Waals surface area contributed by atoms with Gasteiger partial charge in [-0.1, -0.05) is 61.7 Å². The number of hydrogen-bond donors (Lipinski definition) is 1. The molecule has 2 saturated carbocycles. The Kier molecular flexibility index (Phi) is 6.15. The largest absolute Gasteiger partial charge is 0.368 e. The summed E-state index contributed by atoms with van der Waals surface area (Å²) < 4.78 is 0. The summed E-state index contributed by atoms with van der Waals surface area (Å²) in [6, 6.07) is 19.3. The fourth-order valence-corrected chi connectivity index (χ4v) is 5.44. The number of carbonyl (C=O) groups excluding carboxylic acids is 1. The van der Waals surface area contributed by atoms with Crippen molar-refractivity contribution in [3.63, 3.8) is 0 Å². The van der Waals surface area contributed by atoms with Gasteiger partial charge in [0.15, 0.2) is 0 Å². The maximum Gasteiger partial charge on any atom is 0.240 e. The molecule has 164 valence electrons. The number of nitrogens with zero attached hydrogens (tertiary/aromatic N) is 2. The third kappa shape index (κ3) is 4.89. The molecule has 2 aromatic rings. The van der Waals surface area contributed by atoms with Gasteiger partial charge in [-0.15, -0.1) is 0 Å². The normalized spacial score (nSPS) is 20.3. The molecule has 1 atom stereocenters. The second kappa shape index (κ2) is 9.33. The lowest BCUT2D eigenvalue weighted by Crippen LogP contribution is -2.47. The third-order valence-corrected chi connectivity index (χ3v) is 7.31. The summed E-state index contributed by atoms with van der Waals surface area (Å²) in [4.78, 5) is 18.0. The van der Waals surface area contributed by atoms with Gasteiger partial charge in [0.2, 0.25) is 5.91 Å². The first-order valence-electron chi connectivity index (χ1n) is 12.2. The lowest BCUT2D eigenvalue weighted by molar-refractivity contribution is -0.121. The highest BCUT2D eigenvalue weighted by molar-refractivity contribution is 5.84. The first-order chi connectivity index (χ1) is 15.3. The second-order valence-corrected chi connectivity index (χ2v) is 9.65. The first-order valence-corrected chi connectivity index (χ1v) is 12.2. The van der Waals surface area contributed by atoms with Crippen LogP contribution in [0.15, 0.2) is 54.6 Å². The zero-order valence-corrected chi connectivity index (χ0v) is 18.5. The van der Waals surface area contributed by atoms with Crippen LogP contribution in [0.25, 0.3) is 0 Å². The molecular formula is C27H35N3O. The second-order valence-electron chi connectivity index (χ2n) is 9.65. The van der Waals surface area contributed by atoms with Gasteiger partial charge in [0.25, 0.3) is 0 Å². The molecule has 1 amide bonds. The summed E-state index contributed by atoms with van der Waals surface area (Å²) in [5.74, 6) is 1.55. The van der Waals surface area contributed by atoms with E-state index in [-0.39, 0.29) is 11.9 Å². The van der Waals surface area contributed by atoms with Crippen molar-refractivity contribution < 1.29 is 4.79 Å². The van der Waals surface area contributed by atoms with Gasteiger partial charge in [0.1, 0.15) is 0 Å². The smallest absolute Gasteiger partial charge is 0.240 e. The van der Waals surface area contributed by atoms with Gasteiger partial charge in [-0.2, -0.15) is 0 Å². The van der Waals surface area contributed by atoms with Crippen LogP contribution in [0, 0.1) is 11.8 Å². The van der Waals surface area contributed by atoms with Crippen LogP contribution >= 0.6 is 0 Å². The predicted octanol–water partition coefficient (Wildman–Crippen LogP) is 5.16. The minimum Gasteiger partial charge on any atom is -0.368 e. The van der Waals surface area contributed by atoms with E-state index in [0.717, 1.165) is 25.6 Å². The van der Waals surface area contributed by atoms with Gasteiger partial charge in [0, 0.05) is 19.6 Å². The van der Waals surface area contributed by atoms with E-state index in [0.29, 0.717) is 12.5 Å². The topological polar surface area (TPSA) is 35.6 Å². The fraction of sp³-hybridized carbons (Fsp3) is 0.519. The lowest BCUT2D eigenvalue weighted by atomic mass is 9.81. The molecule has 5 rings (SSSR count). The standard InChI is InChI=1S/C27H35N3O/c31-26(28-27(22-9-3-1-4-10-22)23-11-5-2-6-12-23)20-30-18-17-29(19-21-15-16-21)24-13-7-8-14-25(24)30/h1,3-4,7-10,13-14,21,23,27H,2,5-6,11-12,15-20H2,(H,28,31). The van der Waals surface area contributed by atoms with Crippen LogP contribution in [0.2, 0.25) is 0 Å². The van der Waals surface area contributed by atoms with Crippen molar-refractivity contribution in [2.45, 2.75) is 51.0 Å². The highest BCUT2D eigenvalue weighted by atomic mass is 16.2. The maximum atomic E-state index is 13.3. The molecule has 1 aliphatic heterocycles. The van der Waals surface area contributed by atoms with E-state index in [9.17, 15) is 4.79 Å². The SMILES string of the molecule is O=C(CN1CCN(CC2CC2)c2ccccc21)NC(c1ccccc1)C1CCCCC1. The molecule has 1 unspecified atom stereocenters.